The Labute approximate surface area is 327 Å². The summed E-state index contributed by atoms with van der Waals surface area (Å²) < 4.78 is 9.31. The summed E-state index contributed by atoms with van der Waals surface area (Å²) in [7, 11) is 0. The summed E-state index contributed by atoms with van der Waals surface area (Å²) in [6.07, 6.45) is 3.65. The molecule has 262 valence electrons. The molecule has 11 aromatic rings. The number of hydrogen-bond donors (Lipinski definition) is 0. The van der Waals surface area contributed by atoms with Gasteiger partial charge in [0.2, 0.25) is 0 Å². The molecule has 0 amide bonds. The topological polar surface area (TPSA) is 51.8 Å². The lowest BCUT2D eigenvalue weighted by molar-refractivity contribution is 0.670. The van der Waals surface area contributed by atoms with Crippen molar-refractivity contribution in [1.82, 2.24) is 15.0 Å². The Kier molecular flexibility index (Phi) is 7.64. The maximum absolute atomic E-state index is 6.75. The average Bonchev–Trinajstić information content (AvgIpc) is 3.86. The maximum atomic E-state index is 6.75. The SMILES string of the molecule is c1ccc(-c2nc(-c3ccc(-c4ccc(-c5cccc6c5sc5ccccc56)c5oc6ccccc6c45)cc3)cc(-c3ccccc3-c3ccncc3)n2)cc1. The predicted octanol–water partition coefficient (Wildman–Crippen LogP) is 14.1. The zero-order valence-corrected chi connectivity index (χ0v) is 30.9. The van der Waals surface area contributed by atoms with Gasteiger partial charge in [-0.15, -0.1) is 11.3 Å². The van der Waals surface area contributed by atoms with Gasteiger partial charge in [0.15, 0.2) is 5.82 Å². The fraction of sp³-hybridized carbons (Fsp3) is 0. The van der Waals surface area contributed by atoms with Crippen LogP contribution in [0.1, 0.15) is 0 Å². The third-order valence-electron chi connectivity index (χ3n) is 10.7. The third kappa shape index (κ3) is 5.40. The number of aromatic nitrogens is 3. The third-order valence-corrected chi connectivity index (χ3v) is 11.9. The summed E-state index contributed by atoms with van der Waals surface area (Å²) >= 11 is 1.84. The van der Waals surface area contributed by atoms with Crippen molar-refractivity contribution in [3.8, 4) is 67.3 Å². The van der Waals surface area contributed by atoms with Crippen LogP contribution >= 0.6 is 11.3 Å². The number of rotatable bonds is 6. The van der Waals surface area contributed by atoms with Gasteiger partial charge >= 0.3 is 0 Å². The highest BCUT2D eigenvalue weighted by atomic mass is 32.1. The minimum absolute atomic E-state index is 0.683. The number of furan rings is 1. The van der Waals surface area contributed by atoms with Gasteiger partial charge in [-0.2, -0.15) is 0 Å². The molecule has 0 aliphatic carbocycles. The summed E-state index contributed by atoms with van der Waals surface area (Å²) in [6, 6.07) is 61.6. The van der Waals surface area contributed by atoms with Gasteiger partial charge in [0, 0.05) is 71.2 Å². The second-order valence-corrected chi connectivity index (χ2v) is 15.0. The van der Waals surface area contributed by atoms with Gasteiger partial charge in [-0.25, -0.2) is 9.97 Å². The van der Waals surface area contributed by atoms with Crippen molar-refractivity contribution in [3.05, 3.63) is 188 Å². The van der Waals surface area contributed by atoms with Crippen molar-refractivity contribution in [3.63, 3.8) is 0 Å². The van der Waals surface area contributed by atoms with Crippen LogP contribution in [0.25, 0.3) is 109 Å². The maximum Gasteiger partial charge on any atom is 0.160 e. The number of para-hydroxylation sites is 1. The van der Waals surface area contributed by atoms with E-state index in [0.29, 0.717) is 5.82 Å². The number of benzene rings is 7. The van der Waals surface area contributed by atoms with E-state index in [4.69, 9.17) is 14.4 Å². The Morgan fingerprint density at radius 2 is 1.05 bits per heavy atom. The number of pyridine rings is 1. The molecule has 0 unspecified atom stereocenters. The van der Waals surface area contributed by atoms with Gasteiger partial charge in [0.05, 0.1) is 11.4 Å². The van der Waals surface area contributed by atoms with Crippen LogP contribution in [0.3, 0.4) is 0 Å². The Hall–Kier alpha value is -7.21. The summed E-state index contributed by atoms with van der Waals surface area (Å²) in [4.78, 5) is 14.5. The quantitative estimate of drug-likeness (QED) is 0.171. The monoisotopic (exact) mass is 733 g/mol. The molecule has 56 heavy (non-hydrogen) atoms. The lowest BCUT2D eigenvalue weighted by atomic mass is 9.93. The van der Waals surface area contributed by atoms with Crippen molar-refractivity contribution < 1.29 is 4.42 Å². The molecule has 11 rings (SSSR count). The molecule has 0 saturated heterocycles. The molecule has 0 radical (unpaired) electrons. The highest BCUT2D eigenvalue weighted by Gasteiger charge is 2.20. The molecular weight excluding hydrogens is 703 g/mol. The van der Waals surface area contributed by atoms with Crippen LogP contribution in [-0.2, 0) is 0 Å². The van der Waals surface area contributed by atoms with Gasteiger partial charge in [-0.3, -0.25) is 4.98 Å². The van der Waals surface area contributed by atoms with Crippen LogP contribution in [-0.4, -0.2) is 15.0 Å². The standard InChI is InChI=1S/C51H31N3OS/c1-2-11-35(12-3-1)51-53-44(31-45(54-51)38-14-5-4-13-36(38)33-27-29-52-30-28-33)34-23-21-32(22-24-34)37-25-26-40(49-48(37)43-16-6-8-19-46(43)55-49)42-18-10-17-41-39-15-7-9-20-47(39)56-50(41)42/h1-31H. The Balaban J connectivity index is 1.05. The highest BCUT2D eigenvalue weighted by Crippen LogP contribution is 2.46. The molecule has 0 N–H and O–H groups in total. The fourth-order valence-electron chi connectivity index (χ4n) is 8.00. The zero-order chi connectivity index (χ0) is 37.0. The minimum atomic E-state index is 0.683. The Bertz CT molecular complexity index is 3240. The lowest BCUT2D eigenvalue weighted by Gasteiger charge is -2.13. The number of nitrogens with zero attached hydrogens (tertiary/aromatic N) is 3. The van der Waals surface area contributed by atoms with Crippen molar-refractivity contribution in [2.45, 2.75) is 0 Å². The molecular formula is C51H31N3OS. The van der Waals surface area contributed by atoms with Crippen molar-refractivity contribution in [1.29, 1.82) is 0 Å². The van der Waals surface area contributed by atoms with E-state index in [9.17, 15) is 0 Å². The molecule has 0 bridgehead atoms. The zero-order valence-electron chi connectivity index (χ0n) is 30.1. The first-order valence-electron chi connectivity index (χ1n) is 18.7. The van der Waals surface area contributed by atoms with Gasteiger partial charge in [-0.05, 0) is 58.7 Å². The summed E-state index contributed by atoms with van der Waals surface area (Å²) in [5.41, 5.74) is 13.2. The first-order chi connectivity index (χ1) is 27.8. The number of thiophene rings is 1. The first-order valence-corrected chi connectivity index (χ1v) is 19.5. The molecule has 0 spiro atoms. The molecule has 0 aliphatic heterocycles. The molecule has 7 aromatic carbocycles. The number of fused-ring (bicyclic) bond motifs is 6. The smallest absolute Gasteiger partial charge is 0.160 e. The Morgan fingerprint density at radius 3 is 1.91 bits per heavy atom. The minimum Gasteiger partial charge on any atom is -0.455 e. The largest absolute Gasteiger partial charge is 0.455 e. The van der Waals surface area contributed by atoms with Gasteiger partial charge < -0.3 is 4.42 Å². The van der Waals surface area contributed by atoms with E-state index in [1.807, 2.05) is 60.1 Å². The van der Waals surface area contributed by atoms with Crippen LogP contribution in [0.2, 0.25) is 0 Å². The molecule has 0 atom stereocenters. The lowest BCUT2D eigenvalue weighted by Crippen LogP contribution is -1.97. The van der Waals surface area contributed by atoms with E-state index in [-0.39, 0.29) is 0 Å². The number of hydrogen-bond acceptors (Lipinski definition) is 5. The molecule has 4 nitrogen and oxygen atoms in total. The molecule has 4 aromatic heterocycles. The second kappa shape index (κ2) is 13.3. The molecule has 5 heteroatoms. The molecule has 0 aliphatic rings. The van der Waals surface area contributed by atoms with E-state index in [0.717, 1.165) is 77.8 Å². The van der Waals surface area contributed by atoms with Crippen LogP contribution in [0.15, 0.2) is 193 Å². The highest BCUT2D eigenvalue weighted by molar-refractivity contribution is 7.26. The van der Waals surface area contributed by atoms with Crippen LogP contribution < -0.4 is 0 Å². The summed E-state index contributed by atoms with van der Waals surface area (Å²) in [5.74, 6) is 0.683. The van der Waals surface area contributed by atoms with Crippen LogP contribution in [0, 0.1) is 0 Å². The fourth-order valence-corrected chi connectivity index (χ4v) is 9.23. The van der Waals surface area contributed by atoms with Crippen molar-refractivity contribution in [2.24, 2.45) is 0 Å². The Morgan fingerprint density at radius 1 is 0.411 bits per heavy atom. The van der Waals surface area contributed by atoms with E-state index in [2.05, 4.69) is 145 Å². The van der Waals surface area contributed by atoms with Crippen LogP contribution in [0.4, 0.5) is 0 Å². The summed E-state index contributed by atoms with van der Waals surface area (Å²) in [5, 5.41) is 4.79. The molecule has 0 saturated carbocycles. The van der Waals surface area contributed by atoms with E-state index < -0.39 is 0 Å². The second-order valence-electron chi connectivity index (χ2n) is 13.9. The normalized spacial score (nSPS) is 11.6. The van der Waals surface area contributed by atoms with Gasteiger partial charge in [-0.1, -0.05) is 140 Å². The predicted molar refractivity (Wildman–Crippen MR) is 233 cm³/mol. The van der Waals surface area contributed by atoms with Gasteiger partial charge in [0.25, 0.3) is 0 Å². The summed E-state index contributed by atoms with van der Waals surface area (Å²) in [6.45, 7) is 0. The van der Waals surface area contributed by atoms with Crippen molar-refractivity contribution in [2.75, 3.05) is 0 Å². The first kappa shape index (κ1) is 32.2. The molecule has 0 fully saturated rings. The molecule has 4 heterocycles. The van der Waals surface area contributed by atoms with E-state index >= 15 is 0 Å². The van der Waals surface area contributed by atoms with Crippen molar-refractivity contribution >= 4 is 53.4 Å². The van der Waals surface area contributed by atoms with Crippen LogP contribution in [0.5, 0.6) is 0 Å². The van der Waals surface area contributed by atoms with E-state index in [1.54, 1.807) is 0 Å². The van der Waals surface area contributed by atoms with E-state index in [1.165, 1.54) is 25.7 Å². The van der Waals surface area contributed by atoms with Gasteiger partial charge in [0.1, 0.15) is 11.2 Å². The average molecular weight is 734 g/mol.